The molecular weight excluding hydrogens is 294 g/mol. The molecule has 6 nitrogen and oxygen atoms in total. The van der Waals surface area contributed by atoms with Crippen LogP contribution in [0.4, 0.5) is 0 Å². The minimum Gasteiger partial charge on any atom is -0.391 e. The molecule has 1 unspecified atom stereocenters. The second-order valence-electron chi connectivity index (χ2n) is 6.40. The van der Waals surface area contributed by atoms with Crippen LogP contribution in [0.25, 0.3) is 11.0 Å². The average molecular weight is 319 g/mol. The fraction of sp³-hybridized carbons (Fsp3) is 0.529. The normalized spacial score (nSPS) is 12.7. The molecule has 1 aromatic carbocycles. The Kier molecular flexibility index (Phi) is 5.98. The molecule has 0 saturated heterocycles. The summed E-state index contributed by atoms with van der Waals surface area (Å²) in [4.78, 5) is 28.4. The highest BCUT2D eigenvalue weighted by molar-refractivity contribution is 5.76. The first-order chi connectivity index (χ1) is 10.9. The van der Waals surface area contributed by atoms with E-state index in [9.17, 15) is 14.7 Å². The molecule has 1 amide bonds. The smallest absolute Gasteiger partial charge is 0.323 e. The number of fused-ring (bicyclic) bond motifs is 1. The first-order valence-corrected chi connectivity index (χ1v) is 8.09. The Balaban J connectivity index is 1.73. The minimum absolute atomic E-state index is 0.0380. The minimum atomic E-state index is -0.480. The molecule has 1 heterocycles. The number of benzene rings is 1. The SMILES string of the molecule is CC(C)CC(O)CNC(=O)CCCc1ccc2[nH]c(=O)[nH]c2c1. The third-order valence-corrected chi connectivity index (χ3v) is 3.73. The number of carbonyl (C=O) groups is 1. The molecule has 0 spiro atoms. The summed E-state index contributed by atoms with van der Waals surface area (Å²) in [6.07, 6.45) is 2.13. The third kappa shape index (κ3) is 5.56. The number of imidazole rings is 1. The molecule has 6 heteroatoms. The van der Waals surface area contributed by atoms with Gasteiger partial charge in [-0.15, -0.1) is 0 Å². The van der Waals surface area contributed by atoms with Gasteiger partial charge in [-0.3, -0.25) is 4.79 Å². The number of aromatic nitrogens is 2. The summed E-state index contributed by atoms with van der Waals surface area (Å²) >= 11 is 0. The summed E-state index contributed by atoms with van der Waals surface area (Å²) in [5, 5.41) is 12.5. The molecule has 0 aliphatic carbocycles. The van der Waals surface area contributed by atoms with Gasteiger partial charge in [-0.25, -0.2) is 4.79 Å². The summed E-state index contributed by atoms with van der Waals surface area (Å²) in [6.45, 7) is 4.40. The van der Waals surface area contributed by atoms with E-state index in [1.165, 1.54) is 0 Å². The number of rotatable bonds is 8. The van der Waals surface area contributed by atoms with Crippen LogP contribution in [0.3, 0.4) is 0 Å². The standard InChI is InChI=1S/C17H25N3O3/c1-11(2)8-13(21)10-18-16(22)5-3-4-12-6-7-14-15(9-12)20-17(23)19-14/h6-7,9,11,13,21H,3-5,8,10H2,1-2H3,(H,18,22)(H2,19,20,23). The van der Waals surface area contributed by atoms with E-state index in [2.05, 4.69) is 15.3 Å². The van der Waals surface area contributed by atoms with Crippen molar-refractivity contribution < 1.29 is 9.90 Å². The van der Waals surface area contributed by atoms with Gasteiger partial charge in [0, 0.05) is 13.0 Å². The number of aryl methyl sites for hydroxylation is 1. The van der Waals surface area contributed by atoms with E-state index >= 15 is 0 Å². The first-order valence-electron chi connectivity index (χ1n) is 8.09. The molecule has 2 rings (SSSR count). The van der Waals surface area contributed by atoms with Gasteiger partial charge < -0.3 is 20.4 Å². The Morgan fingerprint density at radius 2 is 2.00 bits per heavy atom. The number of carbonyl (C=O) groups excluding carboxylic acids is 1. The summed E-state index contributed by atoms with van der Waals surface area (Å²) in [5.41, 5.74) is 2.45. The predicted molar refractivity (Wildman–Crippen MR) is 90.3 cm³/mol. The Bertz CT molecular complexity index is 702. The molecule has 0 radical (unpaired) electrons. The van der Waals surface area contributed by atoms with Crippen molar-refractivity contribution in [3.05, 3.63) is 34.2 Å². The van der Waals surface area contributed by atoms with Crippen molar-refractivity contribution in [2.45, 2.75) is 45.6 Å². The average Bonchev–Trinajstić information content (AvgIpc) is 2.84. The van der Waals surface area contributed by atoms with E-state index in [-0.39, 0.29) is 11.6 Å². The van der Waals surface area contributed by atoms with Crippen molar-refractivity contribution in [2.24, 2.45) is 5.92 Å². The summed E-state index contributed by atoms with van der Waals surface area (Å²) in [5.74, 6) is 0.376. The third-order valence-electron chi connectivity index (χ3n) is 3.73. The van der Waals surface area contributed by atoms with Crippen molar-refractivity contribution >= 4 is 16.9 Å². The van der Waals surface area contributed by atoms with Gasteiger partial charge in [-0.2, -0.15) is 0 Å². The fourth-order valence-electron chi connectivity index (χ4n) is 2.64. The van der Waals surface area contributed by atoms with E-state index < -0.39 is 6.10 Å². The second kappa shape index (κ2) is 7.97. The molecule has 0 bridgehead atoms. The van der Waals surface area contributed by atoms with Crippen LogP contribution >= 0.6 is 0 Å². The molecule has 0 aliphatic heterocycles. The second-order valence-corrected chi connectivity index (χ2v) is 6.40. The van der Waals surface area contributed by atoms with Crippen molar-refractivity contribution in [2.75, 3.05) is 6.54 Å². The summed E-state index contributed by atoms with van der Waals surface area (Å²) < 4.78 is 0. The zero-order chi connectivity index (χ0) is 16.8. The Hall–Kier alpha value is -2.08. The van der Waals surface area contributed by atoms with Gasteiger partial charge in [0.1, 0.15) is 0 Å². The van der Waals surface area contributed by atoms with Crippen LogP contribution in [-0.2, 0) is 11.2 Å². The number of aromatic amines is 2. The highest BCUT2D eigenvalue weighted by Crippen LogP contribution is 2.12. The number of hydrogen-bond donors (Lipinski definition) is 4. The maximum absolute atomic E-state index is 11.8. The number of H-pyrrole nitrogens is 2. The molecule has 126 valence electrons. The van der Waals surface area contributed by atoms with E-state index in [0.717, 1.165) is 29.4 Å². The zero-order valence-electron chi connectivity index (χ0n) is 13.7. The van der Waals surface area contributed by atoms with Crippen LogP contribution in [0.2, 0.25) is 0 Å². The van der Waals surface area contributed by atoms with Crippen LogP contribution in [-0.4, -0.2) is 33.6 Å². The van der Waals surface area contributed by atoms with E-state index in [1.807, 2.05) is 32.0 Å². The van der Waals surface area contributed by atoms with Gasteiger partial charge in [-0.05, 0) is 42.9 Å². The maximum atomic E-state index is 11.8. The van der Waals surface area contributed by atoms with Crippen LogP contribution in [0.15, 0.2) is 23.0 Å². The van der Waals surface area contributed by atoms with Crippen LogP contribution in [0.5, 0.6) is 0 Å². The number of aliphatic hydroxyl groups is 1. The van der Waals surface area contributed by atoms with Crippen molar-refractivity contribution in [3.8, 4) is 0 Å². The monoisotopic (exact) mass is 319 g/mol. The van der Waals surface area contributed by atoms with E-state index in [4.69, 9.17) is 0 Å². The first kappa shape index (κ1) is 17.3. The van der Waals surface area contributed by atoms with E-state index in [0.29, 0.717) is 25.3 Å². The van der Waals surface area contributed by atoms with Gasteiger partial charge in [0.25, 0.3) is 0 Å². The van der Waals surface area contributed by atoms with Crippen LogP contribution < -0.4 is 11.0 Å². The van der Waals surface area contributed by atoms with Crippen LogP contribution in [0.1, 0.15) is 38.7 Å². The Labute approximate surface area is 135 Å². The molecule has 1 aromatic heterocycles. The molecule has 23 heavy (non-hydrogen) atoms. The maximum Gasteiger partial charge on any atom is 0.323 e. The van der Waals surface area contributed by atoms with Crippen molar-refractivity contribution in [3.63, 3.8) is 0 Å². The van der Waals surface area contributed by atoms with Gasteiger partial charge in [-0.1, -0.05) is 19.9 Å². The van der Waals surface area contributed by atoms with Crippen LogP contribution in [0, 0.1) is 5.92 Å². The highest BCUT2D eigenvalue weighted by atomic mass is 16.3. The summed E-state index contributed by atoms with van der Waals surface area (Å²) in [7, 11) is 0. The molecule has 0 saturated carbocycles. The topological polar surface area (TPSA) is 98.0 Å². The molecular formula is C17H25N3O3. The Morgan fingerprint density at radius 3 is 2.74 bits per heavy atom. The molecule has 0 aliphatic rings. The number of nitrogens with one attached hydrogen (secondary N) is 3. The lowest BCUT2D eigenvalue weighted by Gasteiger charge is -2.13. The fourth-order valence-corrected chi connectivity index (χ4v) is 2.64. The predicted octanol–water partition coefficient (Wildman–Crippen LogP) is 1.70. The van der Waals surface area contributed by atoms with Gasteiger partial charge in [0.2, 0.25) is 5.91 Å². The number of aliphatic hydroxyl groups excluding tert-OH is 1. The summed E-state index contributed by atoms with van der Waals surface area (Å²) in [6, 6.07) is 5.75. The lowest BCUT2D eigenvalue weighted by molar-refractivity contribution is -0.121. The van der Waals surface area contributed by atoms with Gasteiger partial charge in [0.15, 0.2) is 0 Å². The highest BCUT2D eigenvalue weighted by Gasteiger charge is 2.09. The van der Waals surface area contributed by atoms with Gasteiger partial charge in [0.05, 0.1) is 17.1 Å². The lowest BCUT2D eigenvalue weighted by atomic mass is 10.1. The number of amides is 1. The van der Waals surface area contributed by atoms with Crippen molar-refractivity contribution in [1.29, 1.82) is 0 Å². The van der Waals surface area contributed by atoms with E-state index in [1.54, 1.807) is 0 Å². The van der Waals surface area contributed by atoms with Gasteiger partial charge >= 0.3 is 5.69 Å². The quantitative estimate of drug-likeness (QED) is 0.596. The molecule has 0 fully saturated rings. The zero-order valence-corrected chi connectivity index (χ0v) is 13.7. The largest absolute Gasteiger partial charge is 0.391 e. The number of hydrogen-bond acceptors (Lipinski definition) is 3. The molecule has 1 atom stereocenters. The lowest BCUT2D eigenvalue weighted by Crippen LogP contribution is -2.32. The molecule has 4 N–H and O–H groups in total. The molecule has 2 aromatic rings. The van der Waals surface area contributed by atoms with Crippen molar-refractivity contribution in [1.82, 2.24) is 15.3 Å². The Morgan fingerprint density at radius 1 is 1.26 bits per heavy atom.